The van der Waals surface area contributed by atoms with Crippen LogP contribution >= 0.6 is 0 Å². The van der Waals surface area contributed by atoms with Crippen LogP contribution in [-0.2, 0) is 9.59 Å². The summed E-state index contributed by atoms with van der Waals surface area (Å²) < 4.78 is 4.82. The van der Waals surface area contributed by atoms with Crippen molar-refractivity contribution in [3.8, 4) is 0 Å². The Morgan fingerprint density at radius 2 is 2.35 bits per heavy atom. The molecule has 0 unspecified atom stereocenters. The Morgan fingerprint density at radius 3 is 3.00 bits per heavy atom. The van der Waals surface area contributed by atoms with Crippen molar-refractivity contribution in [2.45, 2.75) is 25.8 Å². The number of hydrogen-bond donors (Lipinski definition) is 1. The Morgan fingerprint density at radius 1 is 1.55 bits per heavy atom. The van der Waals surface area contributed by atoms with Crippen LogP contribution in [0.2, 0.25) is 0 Å². The molecule has 2 fully saturated rings. The maximum atomic E-state index is 12.0. The minimum Gasteiger partial charge on any atom is -0.360 e. The zero-order valence-electron chi connectivity index (χ0n) is 11.0. The van der Waals surface area contributed by atoms with Crippen molar-refractivity contribution in [2.75, 3.05) is 18.4 Å². The third-order valence-corrected chi connectivity index (χ3v) is 3.48. The molecule has 0 saturated carbocycles. The molecule has 0 aliphatic carbocycles. The van der Waals surface area contributed by atoms with Crippen molar-refractivity contribution >= 4 is 23.7 Å². The summed E-state index contributed by atoms with van der Waals surface area (Å²) in [6, 6.07) is 0.789. The van der Waals surface area contributed by atoms with Crippen LogP contribution < -0.4 is 5.32 Å². The fourth-order valence-electron chi connectivity index (χ4n) is 2.58. The topological polar surface area (TPSA) is 95.8 Å². The summed E-state index contributed by atoms with van der Waals surface area (Å²) in [5, 5.41) is 6.11. The molecule has 0 bridgehead atoms. The van der Waals surface area contributed by atoms with Crippen molar-refractivity contribution in [1.82, 2.24) is 15.0 Å². The Bertz CT molecular complexity index is 560. The minimum atomic E-state index is -0.471. The van der Waals surface area contributed by atoms with Crippen molar-refractivity contribution in [3.63, 3.8) is 0 Å². The van der Waals surface area contributed by atoms with Gasteiger partial charge in [-0.15, -0.1) is 0 Å². The second kappa shape index (κ2) is 4.62. The first-order chi connectivity index (χ1) is 9.56. The molecule has 0 radical (unpaired) electrons. The predicted octanol–water partition coefficient (Wildman–Crippen LogP) is 0.348. The summed E-state index contributed by atoms with van der Waals surface area (Å²) in [6.45, 7) is 1.98. The number of imide groups is 1. The van der Waals surface area contributed by atoms with Crippen LogP contribution in [0.1, 0.15) is 18.6 Å². The van der Waals surface area contributed by atoms with Crippen molar-refractivity contribution in [2.24, 2.45) is 0 Å². The van der Waals surface area contributed by atoms with Gasteiger partial charge in [-0.3, -0.25) is 14.5 Å². The van der Waals surface area contributed by atoms with Gasteiger partial charge < -0.3 is 14.7 Å². The summed E-state index contributed by atoms with van der Waals surface area (Å²) in [7, 11) is 0. The fourth-order valence-corrected chi connectivity index (χ4v) is 2.58. The first-order valence-electron chi connectivity index (χ1n) is 6.41. The molecule has 1 N–H and O–H groups in total. The lowest BCUT2D eigenvalue weighted by molar-refractivity contribution is -0.131. The molecule has 8 nitrogen and oxygen atoms in total. The summed E-state index contributed by atoms with van der Waals surface area (Å²) in [6.07, 6.45) is 1.51. The van der Waals surface area contributed by atoms with Crippen LogP contribution in [0.25, 0.3) is 0 Å². The van der Waals surface area contributed by atoms with E-state index in [0.29, 0.717) is 18.7 Å². The smallest absolute Gasteiger partial charge is 0.327 e. The number of hydrogen-bond acceptors (Lipinski definition) is 5. The number of aromatic nitrogens is 1. The molecular formula is C12H14N4O4. The molecule has 3 heterocycles. The summed E-state index contributed by atoms with van der Waals surface area (Å²) >= 11 is 0. The van der Waals surface area contributed by atoms with Crippen molar-refractivity contribution in [3.05, 3.63) is 11.8 Å². The summed E-state index contributed by atoms with van der Waals surface area (Å²) in [4.78, 5) is 38.4. The average molecular weight is 278 g/mol. The maximum absolute atomic E-state index is 12.0. The van der Waals surface area contributed by atoms with Crippen molar-refractivity contribution in [1.29, 1.82) is 0 Å². The molecule has 0 aromatic carbocycles. The first kappa shape index (κ1) is 12.6. The largest absolute Gasteiger partial charge is 0.360 e. The van der Waals surface area contributed by atoms with Gasteiger partial charge in [0, 0.05) is 12.6 Å². The quantitative estimate of drug-likeness (QED) is 0.805. The molecule has 2 aliphatic rings. The summed E-state index contributed by atoms with van der Waals surface area (Å²) in [5.41, 5.74) is 0. The van der Waals surface area contributed by atoms with Gasteiger partial charge in [0.25, 0.3) is 5.91 Å². The van der Waals surface area contributed by atoms with E-state index in [1.807, 2.05) is 0 Å². The number of amides is 4. The van der Waals surface area contributed by atoms with E-state index < -0.39 is 5.91 Å². The lowest BCUT2D eigenvalue weighted by Crippen LogP contribution is -2.39. The zero-order chi connectivity index (χ0) is 14.3. The standard InChI is InChI=1S/C12H14N4O4/c1-7-5-9(14-20-7)13-10(17)6-16-11(18)8-3-2-4-15(8)12(16)19/h5,8H,2-4,6H2,1H3,(H,13,14,17)/t8-/m0/s1. The molecule has 20 heavy (non-hydrogen) atoms. The maximum Gasteiger partial charge on any atom is 0.327 e. The molecule has 3 rings (SSSR count). The highest BCUT2D eigenvalue weighted by molar-refractivity contribution is 6.08. The van der Waals surface area contributed by atoms with E-state index in [9.17, 15) is 14.4 Å². The molecule has 1 aromatic rings. The van der Waals surface area contributed by atoms with Crippen LogP contribution in [0.3, 0.4) is 0 Å². The lowest BCUT2D eigenvalue weighted by Gasteiger charge is -2.14. The van der Waals surface area contributed by atoms with Crippen LogP contribution in [0.15, 0.2) is 10.6 Å². The molecule has 2 aliphatic heterocycles. The van der Waals surface area contributed by atoms with Gasteiger partial charge >= 0.3 is 6.03 Å². The molecule has 0 spiro atoms. The number of nitrogens with zero attached hydrogens (tertiary/aromatic N) is 3. The number of fused-ring (bicyclic) bond motifs is 1. The third kappa shape index (κ3) is 2.02. The van der Waals surface area contributed by atoms with Gasteiger partial charge in [0.05, 0.1) is 0 Å². The third-order valence-electron chi connectivity index (χ3n) is 3.48. The Hall–Kier alpha value is -2.38. The molecule has 8 heteroatoms. The van der Waals surface area contributed by atoms with Gasteiger partial charge in [-0.05, 0) is 19.8 Å². The van der Waals surface area contributed by atoms with Crippen LogP contribution in [0.4, 0.5) is 10.6 Å². The number of anilines is 1. The second-order valence-corrected chi connectivity index (χ2v) is 4.93. The van der Waals surface area contributed by atoms with Gasteiger partial charge in [0.2, 0.25) is 5.91 Å². The second-order valence-electron chi connectivity index (χ2n) is 4.93. The van der Waals surface area contributed by atoms with E-state index >= 15 is 0 Å². The molecular weight excluding hydrogens is 264 g/mol. The Kier molecular flexibility index (Phi) is 2.92. The SMILES string of the molecule is Cc1cc(NC(=O)CN2C(=O)[C@@H]3CCCN3C2=O)no1. The van der Waals surface area contributed by atoms with Gasteiger partial charge in [-0.25, -0.2) is 4.79 Å². The molecule has 106 valence electrons. The van der Waals surface area contributed by atoms with E-state index in [-0.39, 0.29) is 30.3 Å². The monoisotopic (exact) mass is 278 g/mol. The Labute approximate surface area is 114 Å². The molecule has 4 amide bonds. The van der Waals surface area contributed by atoms with Gasteiger partial charge in [0.15, 0.2) is 5.82 Å². The van der Waals surface area contributed by atoms with E-state index in [0.717, 1.165) is 11.3 Å². The van der Waals surface area contributed by atoms with E-state index in [2.05, 4.69) is 10.5 Å². The highest BCUT2D eigenvalue weighted by atomic mass is 16.5. The predicted molar refractivity (Wildman–Crippen MR) is 66.7 cm³/mol. The number of carbonyl (C=O) groups excluding carboxylic acids is 3. The number of urea groups is 1. The van der Waals surface area contributed by atoms with E-state index in [4.69, 9.17) is 4.52 Å². The van der Waals surface area contributed by atoms with Gasteiger partial charge in [-0.1, -0.05) is 5.16 Å². The van der Waals surface area contributed by atoms with Gasteiger partial charge in [0.1, 0.15) is 18.3 Å². The fraction of sp³-hybridized carbons (Fsp3) is 0.500. The minimum absolute atomic E-state index is 0.270. The molecule has 2 saturated heterocycles. The van der Waals surface area contributed by atoms with Gasteiger partial charge in [-0.2, -0.15) is 0 Å². The lowest BCUT2D eigenvalue weighted by atomic mass is 10.2. The average Bonchev–Trinajstić information content (AvgIpc) is 3.07. The first-order valence-corrected chi connectivity index (χ1v) is 6.41. The number of rotatable bonds is 3. The highest BCUT2D eigenvalue weighted by Gasteiger charge is 2.47. The Balaban J connectivity index is 1.64. The number of aryl methyl sites for hydroxylation is 1. The number of carbonyl (C=O) groups is 3. The molecule has 1 atom stereocenters. The highest BCUT2D eigenvalue weighted by Crippen LogP contribution is 2.27. The molecule has 1 aromatic heterocycles. The number of nitrogens with one attached hydrogen (secondary N) is 1. The van der Waals surface area contributed by atoms with Crippen LogP contribution in [0, 0.1) is 6.92 Å². The zero-order valence-corrected chi connectivity index (χ0v) is 11.0. The van der Waals surface area contributed by atoms with E-state index in [1.165, 1.54) is 4.90 Å². The van der Waals surface area contributed by atoms with Crippen LogP contribution in [-0.4, -0.2) is 51.9 Å². The summed E-state index contributed by atoms with van der Waals surface area (Å²) in [5.74, 6) is 0.0709. The van der Waals surface area contributed by atoms with Crippen LogP contribution in [0.5, 0.6) is 0 Å². The normalized spacial score (nSPS) is 21.6. The van der Waals surface area contributed by atoms with Crippen molar-refractivity contribution < 1.29 is 18.9 Å². The van der Waals surface area contributed by atoms with E-state index in [1.54, 1.807) is 13.0 Å².